The van der Waals surface area contributed by atoms with Crippen molar-refractivity contribution in [1.29, 1.82) is 0 Å². The third-order valence-corrected chi connectivity index (χ3v) is 4.57. The minimum absolute atomic E-state index is 0.948. The average Bonchev–Trinajstić information content (AvgIpc) is 2.14. The van der Waals surface area contributed by atoms with Crippen molar-refractivity contribution in [3.63, 3.8) is 0 Å². The van der Waals surface area contributed by atoms with Gasteiger partial charge < -0.3 is 0 Å². The van der Waals surface area contributed by atoms with Gasteiger partial charge in [0.05, 0.1) is 0 Å². The predicted octanol–water partition coefficient (Wildman–Crippen LogP) is 5.52. The van der Waals surface area contributed by atoms with Crippen molar-refractivity contribution < 1.29 is 0 Å². The molecule has 3 atom stereocenters. The van der Waals surface area contributed by atoms with Crippen LogP contribution in [0.2, 0.25) is 0 Å². The Morgan fingerprint density at radius 2 is 1.31 bits per heavy atom. The van der Waals surface area contributed by atoms with Crippen LogP contribution in [-0.2, 0) is 0 Å². The molecule has 0 nitrogen and oxygen atoms in total. The van der Waals surface area contributed by atoms with E-state index in [2.05, 4.69) is 34.6 Å². The molecule has 1 rings (SSSR count). The lowest BCUT2D eigenvalue weighted by atomic mass is 9.72. The Balaban J connectivity index is 2.55. The zero-order chi connectivity index (χ0) is 12.1. The lowest BCUT2D eigenvalue weighted by Gasteiger charge is -2.34. The zero-order valence-corrected chi connectivity index (χ0v) is 12.1. The van der Waals surface area contributed by atoms with E-state index in [1.54, 1.807) is 0 Å². The van der Waals surface area contributed by atoms with Crippen molar-refractivity contribution in [3.8, 4) is 0 Å². The van der Waals surface area contributed by atoms with Crippen molar-refractivity contribution in [2.45, 2.75) is 73.1 Å². The second kappa shape index (κ2) is 6.67. The van der Waals surface area contributed by atoms with Gasteiger partial charge in [-0.25, -0.2) is 0 Å². The highest BCUT2D eigenvalue weighted by atomic mass is 14.3. The third-order valence-electron chi connectivity index (χ3n) is 4.57. The van der Waals surface area contributed by atoms with Crippen LogP contribution in [0.15, 0.2) is 0 Å². The summed E-state index contributed by atoms with van der Waals surface area (Å²) >= 11 is 0. The Kier molecular flexibility index (Phi) is 5.86. The first-order chi connectivity index (χ1) is 7.52. The van der Waals surface area contributed by atoms with E-state index in [9.17, 15) is 0 Å². The van der Waals surface area contributed by atoms with Crippen LogP contribution in [0, 0.1) is 29.6 Å². The Bertz CT molecular complexity index is 170. The topological polar surface area (TPSA) is 0 Å². The van der Waals surface area contributed by atoms with Crippen molar-refractivity contribution in [1.82, 2.24) is 0 Å². The smallest absolute Gasteiger partial charge is 0.0383 e. The van der Waals surface area contributed by atoms with Gasteiger partial charge >= 0.3 is 0 Å². The van der Waals surface area contributed by atoms with Crippen molar-refractivity contribution in [2.24, 2.45) is 29.6 Å². The first kappa shape index (κ1) is 14.1. The molecule has 1 saturated carbocycles. The fraction of sp³-hybridized carbons (Fsp3) is 1.00. The summed E-state index contributed by atoms with van der Waals surface area (Å²) in [7, 11) is 0. The number of hydrogen-bond acceptors (Lipinski definition) is 0. The standard InChI is InChI=1S/C16H32/c1-6-7-15(5)16-10-13(3)8-12(2)9-14(4)11-16/h12-16H,6-11H2,1-5H3. The van der Waals surface area contributed by atoms with Gasteiger partial charge in [0.2, 0.25) is 0 Å². The van der Waals surface area contributed by atoms with Gasteiger partial charge in [-0.1, -0.05) is 47.5 Å². The molecule has 0 heterocycles. The van der Waals surface area contributed by atoms with Crippen molar-refractivity contribution in [2.75, 3.05) is 0 Å². The van der Waals surface area contributed by atoms with Gasteiger partial charge in [0.25, 0.3) is 0 Å². The maximum Gasteiger partial charge on any atom is -0.0383 e. The molecule has 1 aliphatic rings. The molecule has 1 fully saturated rings. The minimum atomic E-state index is 0.948. The first-order valence-electron chi connectivity index (χ1n) is 7.52. The van der Waals surface area contributed by atoms with Crippen LogP contribution in [-0.4, -0.2) is 0 Å². The minimum Gasteiger partial charge on any atom is -0.0654 e. The molecule has 0 N–H and O–H groups in total. The Labute approximate surface area is 103 Å². The van der Waals surface area contributed by atoms with Gasteiger partial charge in [0, 0.05) is 0 Å². The molecule has 1 aliphatic carbocycles. The van der Waals surface area contributed by atoms with E-state index < -0.39 is 0 Å². The quantitative estimate of drug-likeness (QED) is 0.592. The maximum atomic E-state index is 2.48. The van der Waals surface area contributed by atoms with Crippen LogP contribution in [0.3, 0.4) is 0 Å². The average molecular weight is 224 g/mol. The van der Waals surface area contributed by atoms with Gasteiger partial charge in [-0.15, -0.1) is 0 Å². The van der Waals surface area contributed by atoms with E-state index in [0.717, 1.165) is 29.6 Å². The van der Waals surface area contributed by atoms with Gasteiger partial charge in [-0.2, -0.15) is 0 Å². The second-order valence-corrected chi connectivity index (χ2v) is 6.78. The predicted molar refractivity (Wildman–Crippen MR) is 73.5 cm³/mol. The molecule has 0 heteroatoms. The van der Waals surface area contributed by atoms with Gasteiger partial charge in [0.15, 0.2) is 0 Å². The van der Waals surface area contributed by atoms with Crippen molar-refractivity contribution in [3.05, 3.63) is 0 Å². The maximum absolute atomic E-state index is 2.48. The molecule has 0 aliphatic heterocycles. The van der Waals surface area contributed by atoms with Crippen molar-refractivity contribution >= 4 is 0 Å². The molecule has 0 spiro atoms. The van der Waals surface area contributed by atoms with Gasteiger partial charge in [0.1, 0.15) is 0 Å². The van der Waals surface area contributed by atoms with Crippen LogP contribution in [0.4, 0.5) is 0 Å². The molecule has 0 aromatic carbocycles. The lowest BCUT2D eigenvalue weighted by molar-refractivity contribution is 0.174. The Morgan fingerprint density at radius 1 is 0.875 bits per heavy atom. The Hall–Kier alpha value is 0. The molecule has 0 bridgehead atoms. The third kappa shape index (κ3) is 4.47. The zero-order valence-electron chi connectivity index (χ0n) is 12.1. The molecule has 0 aromatic rings. The SMILES string of the molecule is CCCC(C)C1CC(C)CC(C)CC(C)C1. The van der Waals surface area contributed by atoms with E-state index >= 15 is 0 Å². The molecular formula is C16H32. The Morgan fingerprint density at radius 3 is 1.75 bits per heavy atom. The van der Waals surface area contributed by atoms with Crippen LogP contribution in [0.25, 0.3) is 0 Å². The summed E-state index contributed by atoms with van der Waals surface area (Å²) < 4.78 is 0. The summed E-state index contributed by atoms with van der Waals surface area (Å²) in [5.41, 5.74) is 0. The van der Waals surface area contributed by atoms with Gasteiger partial charge in [-0.05, 0) is 55.3 Å². The fourth-order valence-corrected chi connectivity index (χ4v) is 3.95. The highest BCUT2D eigenvalue weighted by Gasteiger charge is 2.26. The molecule has 0 radical (unpaired) electrons. The summed E-state index contributed by atoms with van der Waals surface area (Å²) in [4.78, 5) is 0. The summed E-state index contributed by atoms with van der Waals surface area (Å²) in [5.74, 6) is 4.80. The van der Waals surface area contributed by atoms with E-state index in [0.29, 0.717) is 0 Å². The summed E-state index contributed by atoms with van der Waals surface area (Å²) in [5, 5.41) is 0. The van der Waals surface area contributed by atoms with E-state index in [1.807, 2.05) is 0 Å². The summed E-state index contributed by atoms with van der Waals surface area (Å²) in [6.45, 7) is 12.2. The molecule has 0 amide bonds. The van der Waals surface area contributed by atoms with E-state index in [-0.39, 0.29) is 0 Å². The molecular weight excluding hydrogens is 192 g/mol. The number of rotatable bonds is 3. The lowest BCUT2D eigenvalue weighted by Crippen LogP contribution is -2.23. The monoisotopic (exact) mass is 224 g/mol. The van der Waals surface area contributed by atoms with Crippen LogP contribution < -0.4 is 0 Å². The molecule has 96 valence electrons. The summed E-state index contributed by atoms with van der Waals surface area (Å²) in [6, 6.07) is 0. The molecule has 0 aromatic heterocycles. The normalized spacial score (nSPS) is 38.8. The summed E-state index contributed by atoms with van der Waals surface area (Å²) in [6.07, 6.45) is 8.67. The van der Waals surface area contributed by atoms with E-state index in [4.69, 9.17) is 0 Å². The second-order valence-electron chi connectivity index (χ2n) is 6.78. The highest BCUT2D eigenvalue weighted by Crippen LogP contribution is 2.37. The van der Waals surface area contributed by atoms with Crippen LogP contribution in [0.5, 0.6) is 0 Å². The molecule has 3 unspecified atom stereocenters. The largest absolute Gasteiger partial charge is 0.0654 e. The van der Waals surface area contributed by atoms with Gasteiger partial charge in [-0.3, -0.25) is 0 Å². The highest BCUT2D eigenvalue weighted by molar-refractivity contribution is 4.77. The van der Waals surface area contributed by atoms with Crippen LogP contribution >= 0.6 is 0 Å². The van der Waals surface area contributed by atoms with Crippen LogP contribution in [0.1, 0.15) is 73.1 Å². The first-order valence-corrected chi connectivity index (χ1v) is 7.52. The molecule has 0 saturated heterocycles. The number of hydrogen-bond donors (Lipinski definition) is 0. The molecule has 16 heavy (non-hydrogen) atoms. The fourth-order valence-electron chi connectivity index (χ4n) is 3.95. The van der Waals surface area contributed by atoms with E-state index in [1.165, 1.54) is 38.5 Å².